The minimum absolute atomic E-state index is 0.0706. The Bertz CT molecular complexity index is 1020. The van der Waals surface area contributed by atoms with E-state index in [1.54, 1.807) is 11.3 Å². The molecule has 2 aliphatic heterocycles. The van der Waals surface area contributed by atoms with Crippen LogP contribution in [0.25, 0.3) is 16.2 Å². The predicted molar refractivity (Wildman–Crippen MR) is 125 cm³/mol. The number of benzene rings is 1. The lowest BCUT2D eigenvalue weighted by Gasteiger charge is -2.38. The second-order valence-corrected chi connectivity index (χ2v) is 9.58. The summed E-state index contributed by atoms with van der Waals surface area (Å²) >= 11 is 1.61. The Morgan fingerprint density at radius 2 is 1.90 bits per heavy atom. The minimum Gasteiger partial charge on any atom is -0.346 e. The molecule has 2 saturated heterocycles. The highest BCUT2D eigenvalue weighted by atomic mass is 32.1. The first-order chi connectivity index (χ1) is 15.1. The summed E-state index contributed by atoms with van der Waals surface area (Å²) in [7, 11) is 0. The van der Waals surface area contributed by atoms with E-state index in [-0.39, 0.29) is 5.92 Å². The third-order valence-electron chi connectivity index (χ3n) is 6.55. The number of hydrogen-bond donors (Lipinski definition) is 0. The van der Waals surface area contributed by atoms with Crippen molar-refractivity contribution in [2.75, 3.05) is 50.7 Å². The average Bonchev–Trinajstić information content (AvgIpc) is 3.39. The molecule has 2 aliphatic rings. The molecular formula is C23H30N6OS. The number of rotatable bonds is 4. The van der Waals surface area contributed by atoms with Gasteiger partial charge in [0.15, 0.2) is 0 Å². The second kappa shape index (κ2) is 8.59. The number of piperazine rings is 1. The van der Waals surface area contributed by atoms with Gasteiger partial charge in [-0.3, -0.25) is 4.79 Å². The molecule has 2 aromatic heterocycles. The van der Waals surface area contributed by atoms with Crippen molar-refractivity contribution in [3.05, 3.63) is 36.0 Å². The number of anilines is 1. The van der Waals surface area contributed by atoms with Gasteiger partial charge in [0.2, 0.25) is 16.0 Å². The van der Waals surface area contributed by atoms with Gasteiger partial charge >= 0.3 is 0 Å². The van der Waals surface area contributed by atoms with Crippen LogP contribution in [0.3, 0.4) is 0 Å². The Morgan fingerprint density at radius 1 is 1.13 bits per heavy atom. The topological polar surface area (TPSA) is 57.0 Å². The number of piperidine rings is 1. The third-order valence-corrected chi connectivity index (χ3v) is 7.54. The molecule has 164 valence electrons. The fraction of sp³-hybridized carbons (Fsp3) is 0.522. The summed E-state index contributed by atoms with van der Waals surface area (Å²) in [5, 5.41) is 5.76. The van der Waals surface area contributed by atoms with Crippen LogP contribution in [0.15, 0.2) is 30.5 Å². The molecule has 0 bridgehead atoms. The van der Waals surface area contributed by atoms with Crippen molar-refractivity contribution in [2.45, 2.75) is 26.7 Å². The third kappa shape index (κ3) is 4.19. The molecule has 1 amide bonds. The van der Waals surface area contributed by atoms with E-state index in [2.05, 4.69) is 52.8 Å². The Balaban J connectivity index is 1.27. The molecule has 0 saturated carbocycles. The van der Waals surface area contributed by atoms with Gasteiger partial charge < -0.3 is 14.7 Å². The van der Waals surface area contributed by atoms with Gasteiger partial charge in [0.1, 0.15) is 0 Å². The van der Waals surface area contributed by atoms with Gasteiger partial charge in [-0.25, -0.2) is 9.50 Å². The summed E-state index contributed by atoms with van der Waals surface area (Å²) in [5.74, 6) is 0.393. The number of imidazole rings is 1. The van der Waals surface area contributed by atoms with E-state index in [1.165, 1.54) is 5.56 Å². The Labute approximate surface area is 187 Å². The molecule has 0 radical (unpaired) electrons. The normalized spacial score (nSPS) is 20.5. The molecule has 4 heterocycles. The first-order valence-electron chi connectivity index (χ1n) is 11.3. The number of fused-ring (bicyclic) bond motifs is 1. The molecule has 3 aromatic rings. The van der Waals surface area contributed by atoms with Crippen LogP contribution in [0.1, 0.15) is 25.3 Å². The SMILES string of the molecule is CCN1CCN(C(=O)[C@@H]2CCCN(c3nn4cc(-c5ccc(C)cc5)nc4s3)C2)CC1. The quantitative estimate of drug-likeness (QED) is 0.626. The van der Waals surface area contributed by atoms with E-state index in [0.29, 0.717) is 5.91 Å². The van der Waals surface area contributed by atoms with Crippen LogP contribution in [0.4, 0.5) is 5.13 Å². The van der Waals surface area contributed by atoms with E-state index in [4.69, 9.17) is 10.1 Å². The average molecular weight is 439 g/mol. The summed E-state index contributed by atoms with van der Waals surface area (Å²) in [5.41, 5.74) is 3.30. The second-order valence-electron chi connectivity index (χ2n) is 8.65. The number of hydrogen-bond acceptors (Lipinski definition) is 6. The maximum atomic E-state index is 13.1. The van der Waals surface area contributed by atoms with Crippen LogP contribution < -0.4 is 4.90 Å². The van der Waals surface area contributed by atoms with Gasteiger partial charge in [-0.2, -0.15) is 0 Å². The lowest BCUT2D eigenvalue weighted by atomic mass is 9.96. The highest BCUT2D eigenvalue weighted by molar-refractivity contribution is 7.20. The molecule has 1 atom stereocenters. The van der Waals surface area contributed by atoms with Crippen LogP contribution in [-0.2, 0) is 4.79 Å². The first kappa shape index (κ1) is 20.5. The summed E-state index contributed by atoms with van der Waals surface area (Å²) in [6.45, 7) is 10.7. The monoisotopic (exact) mass is 438 g/mol. The maximum absolute atomic E-state index is 13.1. The fourth-order valence-electron chi connectivity index (χ4n) is 4.58. The van der Waals surface area contributed by atoms with E-state index in [1.807, 2.05) is 10.7 Å². The van der Waals surface area contributed by atoms with Crippen LogP contribution in [0, 0.1) is 12.8 Å². The van der Waals surface area contributed by atoms with Crippen molar-refractivity contribution in [1.82, 2.24) is 24.4 Å². The summed E-state index contributed by atoms with van der Waals surface area (Å²) < 4.78 is 1.88. The molecule has 0 spiro atoms. The molecule has 0 aliphatic carbocycles. The lowest BCUT2D eigenvalue weighted by molar-refractivity contribution is -0.137. The molecule has 2 fully saturated rings. The van der Waals surface area contributed by atoms with Gasteiger partial charge in [-0.15, -0.1) is 5.10 Å². The van der Waals surface area contributed by atoms with Crippen molar-refractivity contribution < 1.29 is 4.79 Å². The van der Waals surface area contributed by atoms with Crippen molar-refractivity contribution >= 4 is 27.3 Å². The number of nitrogens with zero attached hydrogens (tertiary/aromatic N) is 6. The van der Waals surface area contributed by atoms with Crippen LogP contribution in [-0.4, -0.2) is 76.1 Å². The number of carbonyl (C=O) groups is 1. The standard InChI is InChI=1S/C23H30N6OS/c1-3-26-11-13-27(14-12-26)21(30)19-5-4-10-28(15-19)23-25-29-16-20(24-22(29)31-23)18-8-6-17(2)7-9-18/h6-9,16,19H,3-5,10-15H2,1-2H3/t19-/m1/s1. The summed E-state index contributed by atoms with van der Waals surface area (Å²) in [4.78, 5) is 25.6. The number of aryl methyl sites for hydroxylation is 1. The van der Waals surface area contributed by atoms with Crippen LogP contribution in [0.2, 0.25) is 0 Å². The number of amides is 1. The maximum Gasteiger partial charge on any atom is 0.227 e. The van der Waals surface area contributed by atoms with Crippen molar-refractivity contribution in [1.29, 1.82) is 0 Å². The summed E-state index contributed by atoms with van der Waals surface area (Å²) in [6, 6.07) is 8.41. The summed E-state index contributed by atoms with van der Waals surface area (Å²) in [6.07, 6.45) is 4.01. The van der Waals surface area contributed by atoms with E-state index in [9.17, 15) is 4.79 Å². The van der Waals surface area contributed by atoms with Crippen molar-refractivity contribution in [3.8, 4) is 11.3 Å². The largest absolute Gasteiger partial charge is 0.346 e. The minimum atomic E-state index is 0.0706. The zero-order valence-electron chi connectivity index (χ0n) is 18.3. The molecule has 0 N–H and O–H groups in total. The zero-order valence-corrected chi connectivity index (χ0v) is 19.1. The van der Waals surface area contributed by atoms with Crippen LogP contribution in [0.5, 0.6) is 0 Å². The van der Waals surface area contributed by atoms with Gasteiger partial charge in [0.05, 0.1) is 17.8 Å². The Morgan fingerprint density at radius 3 is 2.61 bits per heavy atom. The van der Waals surface area contributed by atoms with Crippen molar-refractivity contribution in [2.24, 2.45) is 5.92 Å². The van der Waals surface area contributed by atoms with Gasteiger partial charge in [-0.1, -0.05) is 48.1 Å². The Hall–Kier alpha value is -2.45. The molecule has 8 heteroatoms. The molecule has 31 heavy (non-hydrogen) atoms. The number of likely N-dealkylation sites (N-methyl/N-ethyl adjacent to an activating group) is 1. The van der Waals surface area contributed by atoms with Gasteiger partial charge in [-0.05, 0) is 26.3 Å². The van der Waals surface area contributed by atoms with E-state index < -0.39 is 0 Å². The molecule has 1 aromatic carbocycles. The van der Waals surface area contributed by atoms with Gasteiger partial charge in [0, 0.05) is 44.8 Å². The molecule has 5 rings (SSSR count). The highest BCUT2D eigenvalue weighted by Gasteiger charge is 2.32. The predicted octanol–water partition coefficient (Wildman–Crippen LogP) is 3.15. The molecule has 0 unspecified atom stereocenters. The fourth-order valence-corrected chi connectivity index (χ4v) is 5.49. The van der Waals surface area contributed by atoms with Crippen molar-refractivity contribution in [3.63, 3.8) is 0 Å². The smallest absolute Gasteiger partial charge is 0.227 e. The Kier molecular flexibility index (Phi) is 5.67. The van der Waals surface area contributed by atoms with Gasteiger partial charge in [0.25, 0.3) is 0 Å². The number of aromatic nitrogens is 3. The molecular weight excluding hydrogens is 408 g/mol. The highest BCUT2D eigenvalue weighted by Crippen LogP contribution is 2.30. The van der Waals surface area contributed by atoms with E-state index >= 15 is 0 Å². The molecule has 7 nitrogen and oxygen atoms in total. The number of carbonyl (C=O) groups excluding carboxylic acids is 1. The zero-order chi connectivity index (χ0) is 21.4. The lowest BCUT2D eigenvalue weighted by Crippen LogP contribution is -2.52. The van der Waals surface area contributed by atoms with E-state index in [0.717, 1.165) is 80.0 Å². The van der Waals surface area contributed by atoms with Crippen LogP contribution >= 0.6 is 11.3 Å². The first-order valence-corrected chi connectivity index (χ1v) is 12.1.